The summed E-state index contributed by atoms with van der Waals surface area (Å²) in [6, 6.07) is 0.0407. The largest absolute Gasteiger partial charge is 0.460 e. The highest BCUT2D eigenvalue weighted by Gasteiger charge is 2.85. The Hall–Kier alpha value is -1.55. The Labute approximate surface area is 139 Å². The van der Waals surface area contributed by atoms with Crippen LogP contribution in [0.5, 0.6) is 0 Å². The van der Waals surface area contributed by atoms with Crippen molar-refractivity contribution in [1.29, 1.82) is 0 Å². The molecule has 150 valence electrons. The van der Waals surface area contributed by atoms with Crippen molar-refractivity contribution in [3.8, 4) is 0 Å². The summed E-state index contributed by atoms with van der Waals surface area (Å²) in [4.78, 5) is -2.99. The molecule has 1 aromatic rings. The highest BCUT2D eigenvalue weighted by Crippen LogP contribution is 2.55. The first-order valence-corrected chi connectivity index (χ1v) is 8.66. The third-order valence-corrected chi connectivity index (χ3v) is 5.58. The van der Waals surface area contributed by atoms with Crippen molar-refractivity contribution >= 4 is 20.0 Å². The zero-order valence-corrected chi connectivity index (χ0v) is 13.2. The summed E-state index contributed by atoms with van der Waals surface area (Å²) < 4.78 is 168. The normalized spacial score (nSPS) is 15.2. The maximum absolute atomic E-state index is 13.5. The van der Waals surface area contributed by atoms with Crippen molar-refractivity contribution in [2.24, 2.45) is 0 Å². The number of halogens is 9. The van der Waals surface area contributed by atoms with Gasteiger partial charge in [-0.3, -0.25) is 4.55 Å². The van der Waals surface area contributed by atoms with E-state index in [1.54, 1.807) is 0 Å². The number of alkyl halides is 9. The van der Waals surface area contributed by atoms with Crippen LogP contribution in [0.4, 0.5) is 39.5 Å². The molecule has 16 heteroatoms. The Morgan fingerprint density at radius 2 is 1.00 bits per heavy atom. The summed E-state index contributed by atoms with van der Waals surface area (Å²) in [6.45, 7) is 0. The average Bonchev–Trinajstić information content (AvgIpc) is 2.44. The Morgan fingerprint density at radius 3 is 1.31 bits per heavy atom. The summed E-state index contributed by atoms with van der Waals surface area (Å²) in [5, 5.41) is -6.93. The molecule has 0 fully saturated rings. The van der Waals surface area contributed by atoms with Crippen molar-refractivity contribution in [2.75, 3.05) is 0 Å². The fourth-order valence-corrected chi connectivity index (χ4v) is 3.20. The van der Waals surface area contributed by atoms with E-state index in [-0.39, 0.29) is 24.3 Å². The third kappa shape index (κ3) is 3.24. The molecular weight excluding hydrogens is 435 g/mol. The fraction of sp³-hybridized carbons (Fsp3) is 0.400. The van der Waals surface area contributed by atoms with E-state index in [2.05, 4.69) is 0 Å². The van der Waals surface area contributed by atoms with Gasteiger partial charge in [-0.1, -0.05) is 0 Å². The number of rotatable bonds is 5. The molecule has 0 heterocycles. The van der Waals surface area contributed by atoms with Gasteiger partial charge in [0.15, 0.2) is 0 Å². The first-order chi connectivity index (χ1) is 11.2. The van der Waals surface area contributed by atoms with Crippen LogP contribution in [0.15, 0.2) is 34.1 Å². The zero-order chi connectivity index (χ0) is 21.0. The quantitative estimate of drug-likeness (QED) is 0.562. The van der Waals surface area contributed by atoms with Gasteiger partial charge in [0.05, 0.1) is 9.79 Å². The molecule has 0 saturated heterocycles. The van der Waals surface area contributed by atoms with Crippen molar-refractivity contribution in [1.82, 2.24) is 0 Å². The molecule has 26 heavy (non-hydrogen) atoms. The lowest BCUT2D eigenvalue weighted by Crippen LogP contribution is -2.63. The summed E-state index contributed by atoms with van der Waals surface area (Å²) in [5.74, 6) is -14.8. The van der Waals surface area contributed by atoms with Crippen LogP contribution in [0.2, 0.25) is 0 Å². The molecule has 0 aliphatic rings. The second-order valence-electron chi connectivity index (χ2n) is 4.61. The third-order valence-electron chi connectivity index (χ3n) is 2.89. The highest BCUT2D eigenvalue weighted by atomic mass is 32.2. The Kier molecular flexibility index (Phi) is 5.17. The van der Waals surface area contributed by atoms with Gasteiger partial charge >= 0.3 is 23.3 Å². The van der Waals surface area contributed by atoms with E-state index >= 15 is 0 Å². The lowest BCUT2D eigenvalue weighted by Gasteiger charge is -2.33. The van der Waals surface area contributed by atoms with Gasteiger partial charge in [0.25, 0.3) is 10.1 Å². The molecule has 0 atom stereocenters. The summed E-state index contributed by atoms with van der Waals surface area (Å²) in [6.07, 6.45) is -7.20. The van der Waals surface area contributed by atoms with Crippen LogP contribution < -0.4 is 0 Å². The molecule has 0 spiro atoms. The van der Waals surface area contributed by atoms with E-state index in [0.717, 1.165) is 0 Å². The van der Waals surface area contributed by atoms with E-state index < -0.39 is 53.0 Å². The highest BCUT2D eigenvalue weighted by molar-refractivity contribution is 7.92. The smallest absolute Gasteiger partial charge is 0.282 e. The van der Waals surface area contributed by atoms with Crippen LogP contribution in [0.1, 0.15) is 0 Å². The molecule has 0 radical (unpaired) electrons. The van der Waals surface area contributed by atoms with Crippen LogP contribution in [0.3, 0.4) is 0 Å². The van der Waals surface area contributed by atoms with Gasteiger partial charge in [0.1, 0.15) is 0 Å². The van der Waals surface area contributed by atoms with Crippen LogP contribution in [-0.4, -0.2) is 44.7 Å². The molecule has 0 aliphatic carbocycles. The summed E-state index contributed by atoms with van der Waals surface area (Å²) in [7, 11) is -11.8. The van der Waals surface area contributed by atoms with Gasteiger partial charge in [0, 0.05) is 0 Å². The lowest BCUT2D eigenvalue weighted by molar-refractivity contribution is -0.382. The number of sulfone groups is 1. The first-order valence-electron chi connectivity index (χ1n) is 5.73. The van der Waals surface area contributed by atoms with Crippen LogP contribution >= 0.6 is 0 Å². The predicted molar refractivity (Wildman–Crippen MR) is 64.3 cm³/mol. The topological polar surface area (TPSA) is 88.5 Å². The minimum atomic E-state index is -7.41. The molecule has 0 aromatic heterocycles. The molecule has 5 nitrogen and oxygen atoms in total. The molecular formula is C10H5F9O5S2. The molecule has 0 bridgehead atoms. The molecule has 0 amide bonds. The molecule has 1 aromatic carbocycles. The SMILES string of the molecule is O=S(=O)(O)c1ccc(S(=O)(=O)C(F)(F)C(F)(F)C(F)(F)C(F)(F)F)cc1. The maximum atomic E-state index is 13.5. The number of hydrogen-bond donors (Lipinski definition) is 1. The summed E-state index contributed by atoms with van der Waals surface area (Å²) in [5.41, 5.74) is 0. The van der Waals surface area contributed by atoms with E-state index in [9.17, 15) is 56.3 Å². The van der Waals surface area contributed by atoms with Gasteiger partial charge in [-0.15, -0.1) is 0 Å². The maximum Gasteiger partial charge on any atom is 0.460 e. The van der Waals surface area contributed by atoms with E-state index in [0.29, 0.717) is 0 Å². The van der Waals surface area contributed by atoms with Crippen molar-refractivity contribution in [2.45, 2.75) is 33.1 Å². The van der Waals surface area contributed by atoms with Crippen LogP contribution in [0, 0.1) is 0 Å². The molecule has 0 aliphatic heterocycles. The molecule has 0 saturated carbocycles. The van der Waals surface area contributed by atoms with E-state index in [1.165, 1.54) is 0 Å². The minimum Gasteiger partial charge on any atom is -0.282 e. The van der Waals surface area contributed by atoms with E-state index in [4.69, 9.17) is 4.55 Å². The second-order valence-corrected chi connectivity index (χ2v) is 8.03. The second kappa shape index (κ2) is 5.98. The minimum absolute atomic E-state index is 0.103. The van der Waals surface area contributed by atoms with Gasteiger partial charge < -0.3 is 0 Å². The van der Waals surface area contributed by atoms with Crippen molar-refractivity contribution in [3.63, 3.8) is 0 Å². The Morgan fingerprint density at radius 1 is 0.654 bits per heavy atom. The van der Waals surface area contributed by atoms with Gasteiger partial charge in [-0.2, -0.15) is 47.9 Å². The van der Waals surface area contributed by atoms with Crippen LogP contribution in [0.25, 0.3) is 0 Å². The predicted octanol–water partition coefficient (Wildman–Crippen LogP) is 3.13. The Balaban J connectivity index is 3.55. The number of hydrogen-bond acceptors (Lipinski definition) is 4. The van der Waals surface area contributed by atoms with Crippen molar-refractivity contribution < 1.29 is 60.9 Å². The zero-order valence-electron chi connectivity index (χ0n) is 11.6. The lowest BCUT2D eigenvalue weighted by atomic mass is 10.1. The summed E-state index contributed by atoms with van der Waals surface area (Å²) >= 11 is 0. The average molecular weight is 440 g/mol. The monoisotopic (exact) mass is 440 g/mol. The molecule has 1 N–H and O–H groups in total. The molecule has 0 unspecified atom stereocenters. The van der Waals surface area contributed by atoms with Crippen LogP contribution in [-0.2, 0) is 20.0 Å². The number of benzene rings is 1. The fourth-order valence-electron chi connectivity index (χ4n) is 1.47. The van der Waals surface area contributed by atoms with Gasteiger partial charge in [-0.05, 0) is 24.3 Å². The molecule has 1 rings (SSSR count). The van der Waals surface area contributed by atoms with Crippen molar-refractivity contribution in [3.05, 3.63) is 24.3 Å². The standard InChI is InChI=1S/C10H5F9O5S2/c11-7(12,9(15,16)17)8(13,14)10(18,19)25(20,21)5-1-3-6(4-2-5)26(22,23)24/h1-4H,(H,22,23,24). The van der Waals surface area contributed by atoms with E-state index in [1.807, 2.05) is 0 Å². The Bertz CT molecular complexity index is 886. The van der Waals surface area contributed by atoms with Gasteiger partial charge in [-0.25, -0.2) is 8.42 Å². The first kappa shape index (κ1) is 22.5. The van der Waals surface area contributed by atoms with Gasteiger partial charge in [0.2, 0.25) is 9.84 Å².